The van der Waals surface area contributed by atoms with Crippen LogP contribution in [0.25, 0.3) is 10.8 Å². The highest BCUT2D eigenvalue weighted by Crippen LogP contribution is 2.27. The molecule has 1 atom stereocenters. The number of rotatable bonds is 6. The van der Waals surface area contributed by atoms with E-state index in [9.17, 15) is 4.79 Å². The Bertz CT molecular complexity index is 698. The standard InChI is InChI=1S/C18H25N3O3S/c1-13-15(19-18(24-13)16-6-4-10-25-16)11-21-8-3-5-14(7-9-21)20(2)12-17(22)23/h4,6,10,14H,3,5,7-9,11-12H2,1-2H3,(H,22,23). The molecule has 0 aromatic carbocycles. The van der Waals surface area contributed by atoms with Gasteiger partial charge in [0.2, 0.25) is 5.89 Å². The number of carboxylic acid groups (broad SMARTS) is 1. The van der Waals surface area contributed by atoms with Gasteiger partial charge in [-0.25, -0.2) is 4.98 Å². The van der Waals surface area contributed by atoms with Gasteiger partial charge >= 0.3 is 5.97 Å². The molecule has 0 amide bonds. The molecular weight excluding hydrogens is 338 g/mol. The van der Waals surface area contributed by atoms with Crippen molar-refractivity contribution >= 4 is 17.3 Å². The molecule has 25 heavy (non-hydrogen) atoms. The Morgan fingerprint density at radius 2 is 2.32 bits per heavy atom. The minimum Gasteiger partial charge on any atom is -0.480 e. The molecule has 0 radical (unpaired) electrons. The molecule has 1 aliphatic heterocycles. The quantitative estimate of drug-likeness (QED) is 0.850. The molecule has 1 unspecified atom stereocenters. The Balaban J connectivity index is 1.60. The van der Waals surface area contributed by atoms with Gasteiger partial charge in [-0.3, -0.25) is 14.6 Å². The first-order chi connectivity index (χ1) is 12.0. The van der Waals surface area contributed by atoms with Crippen LogP contribution in [-0.2, 0) is 11.3 Å². The highest BCUT2D eigenvalue weighted by molar-refractivity contribution is 7.13. The number of likely N-dealkylation sites (N-methyl/N-ethyl adjacent to an activating group) is 1. The van der Waals surface area contributed by atoms with Gasteiger partial charge in [-0.1, -0.05) is 6.07 Å². The molecule has 2 aromatic rings. The summed E-state index contributed by atoms with van der Waals surface area (Å²) in [7, 11) is 1.91. The van der Waals surface area contributed by atoms with Crippen molar-refractivity contribution in [1.29, 1.82) is 0 Å². The lowest BCUT2D eigenvalue weighted by Crippen LogP contribution is -2.36. The maximum Gasteiger partial charge on any atom is 0.317 e. The lowest BCUT2D eigenvalue weighted by molar-refractivity contribution is -0.138. The Kier molecular flexibility index (Phi) is 5.88. The van der Waals surface area contributed by atoms with E-state index < -0.39 is 5.97 Å². The van der Waals surface area contributed by atoms with Crippen molar-refractivity contribution in [1.82, 2.24) is 14.8 Å². The molecule has 7 heteroatoms. The predicted octanol–water partition coefficient (Wildman–Crippen LogP) is 3.08. The number of hydrogen-bond donors (Lipinski definition) is 1. The van der Waals surface area contributed by atoms with Crippen LogP contribution in [-0.4, -0.2) is 58.6 Å². The fourth-order valence-electron chi connectivity index (χ4n) is 3.37. The molecule has 1 saturated heterocycles. The number of nitrogens with zero attached hydrogens (tertiary/aromatic N) is 3. The number of aryl methyl sites for hydroxylation is 1. The monoisotopic (exact) mass is 363 g/mol. The van der Waals surface area contributed by atoms with E-state index in [4.69, 9.17) is 9.52 Å². The van der Waals surface area contributed by atoms with Crippen LogP contribution in [0.4, 0.5) is 0 Å². The lowest BCUT2D eigenvalue weighted by Gasteiger charge is -2.25. The molecule has 0 aliphatic carbocycles. The number of carbonyl (C=O) groups is 1. The van der Waals surface area contributed by atoms with Gasteiger partial charge in [0.25, 0.3) is 0 Å². The number of hydrogen-bond acceptors (Lipinski definition) is 6. The van der Waals surface area contributed by atoms with E-state index >= 15 is 0 Å². The number of aliphatic carboxylic acids is 1. The van der Waals surface area contributed by atoms with Crippen molar-refractivity contribution in [3.63, 3.8) is 0 Å². The fourth-order valence-corrected chi connectivity index (χ4v) is 4.02. The Morgan fingerprint density at radius 3 is 3.04 bits per heavy atom. The van der Waals surface area contributed by atoms with Gasteiger partial charge in [0.1, 0.15) is 5.76 Å². The molecule has 3 heterocycles. The summed E-state index contributed by atoms with van der Waals surface area (Å²) in [5.41, 5.74) is 1.00. The zero-order chi connectivity index (χ0) is 17.8. The van der Waals surface area contributed by atoms with Crippen LogP contribution < -0.4 is 0 Å². The zero-order valence-corrected chi connectivity index (χ0v) is 15.6. The summed E-state index contributed by atoms with van der Waals surface area (Å²) in [6.07, 6.45) is 3.10. The summed E-state index contributed by atoms with van der Waals surface area (Å²) in [5, 5.41) is 11.0. The predicted molar refractivity (Wildman–Crippen MR) is 97.7 cm³/mol. The normalized spacial score (nSPS) is 19.2. The van der Waals surface area contributed by atoms with Crippen molar-refractivity contribution in [2.45, 2.75) is 38.8 Å². The van der Waals surface area contributed by atoms with Crippen molar-refractivity contribution < 1.29 is 14.3 Å². The minimum absolute atomic E-state index is 0.108. The van der Waals surface area contributed by atoms with Gasteiger partial charge in [-0.15, -0.1) is 11.3 Å². The average Bonchev–Trinajstić information content (AvgIpc) is 3.13. The van der Waals surface area contributed by atoms with Gasteiger partial charge in [0.15, 0.2) is 0 Å². The largest absolute Gasteiger partial charge is 0.480 e. The third kappa shape index (κ3) is 4.68. The third-order valence-electron chi connectivity index (χ3n) is 4.80. The average molecular weight is 363 g/mol. The molecule has 1 aliphatic rings. The minimum atomic E-state index is -0.761. The van der Waals surface area contributed by atoms with Crippen molar-refractivity contribution in [3.05, 3.63) is 29.0 Å². The molecule has 0 bridgehead atoms. The number of likely N-dealkylation sites (tertiary alicyclic amines) is 1. The SMILES string of the molecule is Cc1oc(-c2cccs2)nc1CN1CCCC(N(C)CC(=O)O)CC1. The van der Waals surface area contributed by atoms with E-state index in [1.165, 1.54) is 0 Å². The summed E-state index contributed by atoms with van der Waals surface area (Å²) in [4.78, 5) is 21.0. The van der Waals surface area contributed by atoms with E-state index in [-0.39, 0.29) is 6.54 Å². The maximum atomic E-state index is 10.9. The fraction of sp³-hybridized carbons (Fsp3) is 0.556. The van der Waals surface area contributed by atoms with E-state index in [1.54, 1.807) is 11.3 Å². The second kappa shape index (κ2) is 8.12. The summed E-state index contributed by atoms with van der Waals surface area (Å²) < 4.78 is 5.83. The van der Waals surface area contributed by atoms with Gasteiger partial charge < -0.3 is 9.52 Å². The van der Waals surface area contributed by atoms with E-state index in [0.29, 0.717) is 11.9 Å². The van der Waals surface area contributed by atoms with Crippen LogP contribution in [0.2, 0.25) is 0 Å². The van der Waals surface area contributed by atoms with Crippen LogP contribution in [0.5, 0.6) is 0 Å². The van der Waals surface area contributed by atoms with Crippen LogP contribution in [0, 0.1) is 6.92 Å². The van der Waals surface area contributed by atoms with Gasteiger partial charge in [0, 0.05) is 19.1 Å². The number of aromatic nitrogens is 1. The summed E-state index contributed by atoms with van der Waals surface area (Å²) >= 11 is 1.63. The molecule has 1 fully saturated rings. The lowest BCUT2D eigenvalue weighted by atomic mass is 10.1. The number of carboxylic acids is 1. The van der Waals surface area contributed by atoms with E-state index in [1.807, 2.05) is 36.4 Å². The zero-order valence-electron chi connectivity index (χ0n) is 14.8. The maximum absolute atomic E-state index is 10.9. The van der Waals surface area contributed by atoms with Crippen molar-refractivity contribution in [2.75, 3.05) is 26.7 Å². The summed E-state index contributed by atoms with van der Waals surface area (Å²) in [6, 6.07) is 4.36. The third-order valence-corrected chi connectivity index (χ3v) is 5.65. The smallest absolute Gasteiger partial charge is 0.317 e. The molecule has 1 N–H and O–H groups in total. The van der Waals surface area contributed by atoms with E-state index in [0.717, 1.165) is 55.2 Å². The molecular formula is C18H25N3O3S. The topological polar surface area (TPSA) is 69.8 Å². The Morgan fingerprint density at radius 1 is 1.48 bits per heavy atom. The summed E-state index contributed by atoms with van der Waals surface area (Å²) in [5.74, 6) is 0.825. The highest BCUT2D eigenvalue weighted by Gasteiger charge is 2.23. The van der Waals surface area contributed by atoms with Crippen LogP contribution in [0.15, 0.2) is 21.9 Å². The van der Waals surface area contributed by atoms with Gasteiger partial charge in [-0.05, 0) is 51.2 Å². The Labute approximate surface area is 152 Å². The van der Waals surface area contributed by atoms with Gasteiger partial charge in [-0.2, -0.15) is 0 Å². The van der Waals surface area contributed by atoms with Gasteiger partial charge in [0.05, 0.1) is 17.1 Å². The Hall–Kier alpha value is -1.70. The molecule has 2 aromatic heterocycles. The number of oxazole rings is 1. The van der Waals surface area contributed by atoms with Crippen molar-refractivity contribution in [3.8, 4) is 10.8 Å². The first-order valence-electron chi connectivity index (χ1n) is 8.67. The molecule has 136 valence electrons. The first-order valence-corrected chi connectivity index (χ1v) is 9.55. The molecule has 0 spiro atoms. The summed E-state index contributed by atoms with van der Waals surface area (Å²) in [6.45, 7) is 4.83. The molecule has 0 saturated carbocycles. The van der Waals surface area contributed by atoms with Crippen molar-refractivity contribution in [2.24, 2.45) is 0 Å². The van der Waals surface area contributed by atoms with E-state index in [2.05, 4.69) is 9.88 Å². The van der Waals surface area contributed by atoms with Crippen LogP contribution in [0.1, 0.15) is 30.7 Å². The van der Waals surface area contributed by atoms with Crippen LogP contribution in [0.3, 0.4) is 0 Å². The second-order valence-corrected chi connectivity index (χ2v) is 7.62. The van der Waals surface area contributed by atoms with Crippen LogP contribution >= 0.6 is 11.3 Å². The second-order valence-electron chi connectivity index (χ2n) is 6.67. The molecule has 6 nitrogen and oxygen atoms in total. The highest BCUT2D eigenvalue weighted by atomic mass is 32.1. The molecule has 3 rings (SSSR count). The first kappa shape index (κ1) is 18.1. The number of thiophene rings is 1.